The van der Waals surface area contributed by atoms with Gasteiger partial charge in [0.1, 0.15) is 10.8 Å². The summed E-state index contributed by atoms with van der Waals surface area (Å²) in [7, 11) is 0. The first kappa shape index (κ1) is 16.7. The molecule has 132 valence electrons. The molecule has 0 unspecified atom stereocenters. The quantitative estimate of drug-likeness (QED) is 0.491. The number of non-ortho nitro benzene ring substituents is 1. The maximum absolute atomic E-state index is 10.8. The average Bonchev–Trinajstić information content (AvgIpc) is 3.19. The van der Waals surface area contributed by atoms with Gasteiger partial charge in [-0.15, -0.1) is 11.3 Å². The first-order valence-electron chi connectivity index (χ1n) is 8.62. The van der Waals surface area contributed by atoms with Gasteiger partial charge in [-0.25, -0.2) is 9.97 Å². The van der Waals surface area contributed by atoms with Gasteiger partial charge in [-0.2, -0.15) is 0 Å². The molecule has 1 saturated heterocycles. The van der Waals surface area contributed by atoms with E-state index in [2.05, 4.69) is 16.0 Å². The van der Waals surface area contributed by atoms with E-state index in [0.717, 1.165) is 40.7 Å². The topological polar surface area (TPSA) is 72.2 Å². The number of nitro benzene ring substituents is 1. The Morgan fingerprint density at radius 3 is 2.54 bits per heavy atom. The number of rotatable bonds is 4. The highest BCUT2D eigenvalue weighted by molar-refractivity contribution is 7.13. The fourth-order valence-corrected chi connectivity index (χ4v) is 3.97. The lowest BCUT2D eigenvalue weighted by Crippen LogP contribution is -2.30. The summed E-state index contributed by atoms with van der Waals surface area (Å²) in [5, 5.41) is 13.7. The number of aromatic nitrogens is 2. The minimum absolute atomic E-state index is 0.0875. The molecular formula is C19H18N4O2S. The van der Waals surface area contributed by atoms with Crippen LogP contribution in [0.5, 0.6) is 0 Å². The van der Waals surface area contributed by atoms with E-state index in [0.29, 0.717) is 0 Å². The summed E-state index contributed by atoms with van der Waals surface area (Å²) in [6, 6.07) is 10.6. The van der Waals surface area contributed by atoms with E-state index in [9.17, 15) is 10.1 Å². The van der Waals surface area contributed by atoms with Crippen molar-refractivity contribution in [2.75, 3.05) is 18.0 Å². The third-order valence-corrected chi connectivity index (χ3v) is 5.44. The number of nitro groups is 1. The minimum atomic E-state index is -0.394. The van der Waals surface area contributed by atoms with E-state index in [1.807, 2.05) is 17.6 Å². The molecule has 3 aromatic rings. The van der Waals surface area contributed by atoms with Gasteiger partial charge in [0.2, 0.25) is 0 Å². The highest BCUT2D eigenvalue weighted by Crippen LogP contribution is 2.31. The van der Waals surface area contributed by atoms with Crippen LogP contribution in [0.1, 0.15) is 19.3 Å². The number of nitrogens with zero attached hydrogens (tertiary/aromatic N) is 4. The number of pyridine rings is 1. The smallest absolute Gasteiger partial charge is 0.269 e. The number of thiazole rings is 1. The summed E-state index contributed by atoms with van der Waals surface area (Å²) in [5.41, 5.74) is 2.85. The van der Waals surface area contributed by atoms with Crippen molar-refractivity contribution in [1.82, 2.24) is 9.97 Å². The molecule has 0 spiro atoms. The molecule has 0 saturated carbocycles. The Morgan fingerprint density at radius 1 is 1.04 bits per heavy atom. The van der Waals surface area contributed by atoms with Crippen LogP contribution in [-0.2, 0) is 0 Å². The highest BCUT2D eigenvalue weighted by Gasteiger charge is 2.14. The van der Waals surface area contributed by atoms with Crippen molar-refractivity contribution in [2.24, 2.45) is 0 Å². The number of hydrogen-bond acceptors (Lipinski definition) is 6. The van der Waals surface area contributed by atoms with Gasteiger partial charge in [0.05, 0.1) is 10.6 Å². The van der Waals surface area contributed by atoms with Crippen LogP contribution < -0.4 is 4.90 Å². The SMILES string of the molecule is O=[N+]([O-])c1ccc(-c2csc(-c3ccnc(N4CCCCC4)c3)n2)cc1. The van der Waals surface area contributed by atoms with Crippen LogP contribution in [0.4, 0.5) is 11.5 Å². The molecule has 4 rings (SSSR count). The van der Waals surface area contributed by atoms with Crippen LogP contribution in [0.2, 0.25) is 0 Å². The molecule has 26 heavy (non-hydrogen) atoms. The largest absolute Gasteiger partial charge is 0.357 e. The first-order valence-corrected chi connectivity index (χ1v) is 9.50. The van der Waals surface area contributed by atoms with Gasteiger partial charge in [-0.3, -0.25) is 10.1 Å². The Bertz CT molecular complexity index is 917. The van der Waals surface area contributed by atoms with Gasteiger partial charge in [0.25, 0.3) is 5.69 Å². The molecule has 1 fully saturated rings. The Balaban J connectivity index is 1.58. The maximum Gasteiger partial charge on any atom is 0.269 e. The molecule has 3 heterocycles. The Labute approximate surface area is 155 Å². The molecule has 6 nitrogen and oxygen atoms in total. The van der Waals surface area contributed by atoms with E-state index in [4.69, 9.17) is 4.98 Å². The zero-order chi connectivity index (χ0) is 17.9. The van der Waals surface area contributed by atoms with Crippen molar-refractivity contribution in [3.8, 4) is 21.8 Å². The van der Waals surface area contributed by atoms with E-state index >= 15 is 0 Å². The van der Waals surface area contributed by atoms with Crippen molar-refractivity contribution in [1.29, 1.82) is 0 Å². The third kappa shape index (κ3) is 3.43. The van der Waals surface area contributed by atoms with Gasteiger partial charge in [0, 0.05) is 47.9 Å². The lowest BCUT2D eigenvalue weighted by atomic mass is 10.1. The van der Waals surface area contributed by atoms with Crippen LogP contribution in [-0.4, -0.2) is 28.0 Å². The van der Waals surface area contributed by atoms with Crippen LogP contribution in [0.25, 0.3) is 21.8 Å². The molecule has 1 aliphatic rings. The second-order valence-electron chi connectivity index (χ2n) is 6.29. The molecule has 1 aromatic carbocycles. The van der Waals surface area contributed by atoms with Gasteiger partial charge in [-0.1, -0.05) is 0 Å². The zero-order valence-corrected chi connectivity index (χ0v) is 15.0. The van der Waals surface area contributed by atoms with Crippen molar-refractivity contribution in [3.63, 3.8) is 0 Å². The van der Waals surface area contributed by atoms with Crippen molar-refractivity contribution < 1.29 is 4.92 Å². The van der Waals surface area contributed by atoms with Gasteiger partial charge in [-0.05, 0) is 43.5 Å². The molecule has 0 N–H and O–H groups in total. The summed E-state index contributed by atoms with van der Waals surface area (Å²) in [6.45, 7) is 2.12. The fourth-order valence-electron chi connectivity index (χ4n) is 3.14. The molecule has 0 aliphatic carbocycles. The molecule has 0 radical (unpaired) electrons. The summed E-state index contributed by atoms with van der Waals surface area (Å²) < 4.78 is 0. The summed E-state index contributed by atoms with van der Waals surface area (Å²) in [4.78, 5) is 22.0. The van der Waals surface area contributed by atoms with Crippen LogP contribution >= 0.6 is 11.3 Å². The minimum Gasteiger partial charge on any atom is -0.357 e. The lowest BCUT2D eigenvalue weighted by molar-refractivity contribution is -0.384. The molecular weight excluding hydrogens is 348 g/mol. The molecule has 2 aromatic heterocycles. The molecule has 1 aliphatic heterocycles. The van der Waals surface area contributed by atoms with Crippen LogP contribution in [0, 0.1) is 10.1 Å². The first-order chi connectivity index (χ1) is 12.7. The second-order valence-corrected chi connectivity index (χ2v) is 7.15. The predicted octanol–water partition coefficient (Wildman–Crippen LogP) is 4.77. The van der Waals surface area contributed by atoms with E-state index < -0.39 is 4.92 Å². The van der Waals surface area contributed by atoms with E-state index in [1.54, 1.807) is 23.5 Å². The van der Waals surface area contributed by atoms with E-state index in [1.165, 1.54) is 31.4 Å². The standard InChI is InChI=1S/C19H18N4O2S/c24-23(25)16-6-4-14(5-7-16)17-13-26-19(21-17)15-8-9-20-18(12-15)22-10-2-1-3-11-22/h4-9,12-13H,1-3,10-11H2. The summed E-state index contributed by atoms with van der Waals surface area (Å²) >= 11 is 1.57. The second kappa shape index (κ2) is 7.21. The van der Waals surface area contributed by atoms with Gasteiger partial charge in [0.15, 0.2) is 0 Å². The molecule has 0 atom stereocenters. The Hall–Kier alpha value is -2.80. The average molecular weight is 366 g/mol. The highest BCUT2D eigenvalue weighted by atomic mass is 32.1. The van der Waals surface area contributed by atoms with E-state index in [-0.39, 0.29) is 5.69 Å². The molecule has 0 bridgehead atoms. The summed E-state index contributed by atoms with van der Waals surface area (Å²) in [6.07, 6.45) is 5.56. The fraction of sp³-hybridized carbons (Fsp3) is 0.263. The monoisotopic (exact) mass is 366 g/mol. The number of anilines is 1. The normalized spacial score (nSPS) is 14.4. The third-order valence-electron chi connectivity index (χ3n) is 4.55. The number of hydrogen-bond donors (Lipinski definition) is 0. The zero-order valence-electron chi connectivity index (χ0n) is 14.2. The van der Waals surface area contributed by atoms with Crippen LogP contribution in [0.3, 0.4) is 0 Å². The number of benzene rings is 1. The van der Waals surface area contributed by atoms with Crippen LogP contribution in [0.15, 0.2) is 48.0 Å². The predicted molar refractivity (Wildman–Crippen MR) is 103 cm³/mol. The molecule has 7 heteroatoms. The van der Waals surface area contributed by atoms with Gasteiger partial charge < -0.3 is 4.90 Å². The van der Waals surface area contributed by atoms with Crippen molar-refractivity contribution in [3.05, 3.63) is 58.1 Å². The lowest BCUT2D eigenvalue weighted by Gasteiger charge is -2.27. The Kier molecular flexibility index (Phi) is 4.62. The van der Waals surface area contributed by atoms with Gasteiger partial charge >= 0.3 is 0 Å². The van der Waals surface area contributed by atoms with Crippen molar-refractivity contribution in [2.45, 2.75) is 19.3 Å². The summed E-state index contributed by atoms with van der Waals surface area (Å²) in [5.74, 6) is 1.01. The Morgan fingerprint density at radius 2 is 1.81 bits per heavy atom. The number of piperidine rings is 1. The maximum atomic E-state index is 10.8. The van der Waals surface area contributed by atoms with Crippen molar-refractivity contribution >= 4 is 22.8 Å². The molecule has 0 amide bonds.